The summed E-state index contributed by atoms with van der Waals surface area (Å²) in [5, 5.41) is 15.4. The predicted octanol–water partition coefficient (Wildman–Crippen LogP) is 3.87. The Morgan fingerprint density at radius 2 is 1.65 bits per heavy atom. The van der Waals surface area contributed by atoms with Gasteiger partial charge in [0.25, 0.3) is 0 Å². The van der Waals surface area contributed by atoms with Gasteiger partial charge in [0, 0.05) is 11.7 Å². The summed E-state index contributed by atoms with van der Waals surface area (Å²) in [5.74, 6) is 0.962. The van der Waals surface area contributed by atoms with Gasteiger partial charge in [-0.1, -0.05) is 44.9 Å². The summed E-state index contributed by atoms with van der Waals surface area (Å²) in [7, 11) is 0. The minimum absolute atomic E-state index is 0.115. The molecular formula is C17H22N6. The van der Waals surface area contributed by atoms with Crippen LogP contribution < -0.4 is 10.6 Å². The van der Waals surface area contributed by atoms with E-state index in [1.807, 2.05) is 50.2 Å². The van der Waals surface area contributed by atoms with Crippen molar-refractivity contribution >= 4 is 17.6 Å². The van der Waals surface area contributed by atoms with Gasteiger partial charge in [-0.15, -0.1) is 0 Å². The molecule has 1 aliphatic carbocycles. The van der Waals surface area contributed by atoms with Crippen LogP contribution in [0, 0.1) is 11.3 Å². The first-order chi connectivity index (χ1) is 11.3. The van der Waals surface area contributed by atoms with E-state index in [1.54, 1.807) is 0 Å². The van der Waals surface area contributed by atoms with E-state index in [-0.39, 0.29) is 5.82 Å². The van der Waals surface area contributed by atoms with Gasteiger partial charge in [0.2, 0.25) is 17.7 Å². The van der Waals surface area contributed by atoms with E-state index in [4.69, 9.17) is 5.26 Å². The molecule has 2 aromatic rings. The fourth-order valence-corrected chi connectivity index (χ4v) is 2.45. The number of nitrogens with one attached hydrogen (secondary N) is 2. The average molecular weight is 310 g/mol. The highest BCUT2D eigenvalue weighted by atomic mass is 15.2. The van der Waals surface area contributed by atoms with Crippen LogP contribution in [0.25, 0.3) is 0 Å². The Morgan fingerprint density at radius 1 is 1.00 bits per heavy atom. The Bertz CT molecular complexity index is 644. The van der Waals surface area contributed by atoms with Crippen LogP contribution in [0.4, 0.5) is 17.6 Å². The van der Waals surface area contributed by atoms with E-state index in [1.165, 1.54) is 12.8 Å². The Hall–Kier alpha value is -2.68. The molecule has 0 radical (unpaired) electrons. The molecule has 1 aromatic heterocycles. The lowest BCUT2D eigenvalue weighted by atomic mass is 10.2. The number of hydrogen-bond acceptors (Lipinski definition) is 6. The topological polar surface area (TPSA) is 86.5 Å². The second kappa shape index (κ2) is 8.69. The van der Waals surface area contributed by atoms with Crippen molar-refractivity contribution in [2.75, 3.05) is 10.6 Å². The molecule has 120 valence electrons. The molecule has 0 saturated heterocycles. The molecule has 0 spiro atoms. The largest absolute Gasteiger partial charge is 0.351 e. The first kappa shape index (κ1) is 16.7. The van der Waals surface area contributed by atoms with E-state index in [9.17, 15) is 0 Å². The molecular weight excluding hydrogens is 288 g/mol. The highest BCUT2D eigenvalue weighted by Crippen LogP contribution is 2.21. The van der Waals surface area contributed by atoms with E-state index < -0.39 is 0 Å². The average Bonchev–Trinajstić information content (AvgIpc) is 3.10. The van der Waals surface area contributed by atoms with Crippen molar-refractivity contribution in [1.29, 1.82) is 5.26 Å². The van der Waals surface area contributed by atoms with Gasteiger partial charge in [0.15, 0.2) is 0 Å². The molecule has 0 aliphatic heterocycles. The number of anilines is 3. The number of rotatable bonds is 4. The number of benzene rings is 1. The Balaban J connectivity index is 0.000000924. The second-order valence-electron chi connectivity index (χ2n) is 5.03. The molecule has 0 unspecified atom stereocenters. The molecule has 2 N–H and O–H groups in total. The molecule has 23 heavy (non-hydrogen) atoms. The molecule has 1 fully saturated rings. The lowest BCUT2D eigenvalue weighted by molar-refractivity contribution is 0.742. The Labute approximate surface area is 137 Å². The maximum absolute atomic E-state index is 9.06. The maximum atomic E-state index is 9.06. The van der Waals surface area contributed by atoms with Crippen LogP contribution in [0.5, 0.6) is 0 Å². The van der Waals surface area contributed by atoms with Crippen molar-refractivity contribution in [2.24, 2.45) is 0 Å². The first-order valence-electron chi connectivity index (χ1n) is 8.08. The summed E-state index contributed by atoms with van der Waals surface area (Å²) in [5.41, 5.74) is 0.874. The zero-order valence-corrected chi connectivity index (χ0v) is 13.6. The zero-order valence-electron chi connectivity index (χ0n) is 13.6. The second-order valence-corrected chi connectivity index (χ2v) is 5.03. The number of nitriles is 1. The van der Waals surface area contributed by atoms with Crippen LogP contribution >= 0.6 is 0 Å². The predicted molar refractivity (Wildman–Crippen MR) is 91.5 cm³/mol. The van der Waals surface area contributed by atoms with Crippen LogP contribution in [0.15, 0.2) is 30.3 Å². The van der Waals surface area contributed by atoms with Crippen LogP contribution in [0.3, 0.4) is 0 Å². The Kier molecular flexibility index (Phi) is 6.30. The van der Waals surface area contributed by atoms with Crippen molar-refractivity contribution in [3.8, 4) is 6.07 Å². The van der Waals surface area contributed by atoms with Crippen LogP contribution in [0.2, 0.25) is 0 Å². The minimum Gasteiger partial charge on any atom is -0.351 e. The molecule has 6 nitrogen and oxygen atoms in total. The molecule has 1 saturated carbocycles. The van der Waals surface area contributed by atoms with Crippen LogP contribution in [0.1, 0.15) is 45.4 Å². The van der Waals surface area contributed by atoms with Gasteiger partial charge < -0.3 is 10.6 Å². The third-order valence-corrected chi connectivity index (χ3v) is 3.45. The van der Waals surface area contributed by atoms with Gasteiger partial charge in [-0.05, 0) is 25.0 Å². The molecule has 1 aromatic carbocycles. The third-order valence-electron chi connectivity index (χ3n) is 3.45. The lowest BCUT2D eigenvalue weighted by Gasteiger charge is -2.12. The van der Waals surface area contributed by atoms with Crippen molar-refractivity contribution < 1.29 is 0 Å². The summed E-state index contributed by atoms with van der Waals surface area (Å²) in [6, 6.07) is 12.0. The Morgan fingerprint density at radius 3 is 2.30 bits per heavy atom. The molecule has 6 heteroatoms. The van der Waals surface area contributed by atoms with Crippen LogP contribution in [-0.4, -0.2) is 21.0 Å². The summed E-state index contributed by atoms with van der Waals surface area (Å²) in [6.45, 7) is 4.00. The summed E-state index contributed by atoms with van der Waals surface area (Å²) in [6.07, 6.45) is 4.69. The monoisotopic (exact) mass is 310 g/mol. The summed E-state index contributed by atoms with van der Waals surface area (Å²) in [4.78, 5) is 12.6. The van der Waals surface area contributed by atoms with Crippen molar-refractivity contribution in [1.82, 2.24) is 15.0 Å². The van der Waals surface area contributed by atoms with E-state index in [0.29, 0.717) is 17.9 Å². The van der Waals surface area contributed by atoms with Gasteiger partial charge in [-0.2, -0.15) is 20.2 Å². The van der Waals surface area contributed by atoms with E-state index in [0.717, 1.165) is 18.5 Å². The standard InChI is InChI=1S/C15H16N6.C2H6/c16-10-13-19-14(17-11-6-2-1-3-7-11)21-15(20-13)18-12-8-4-5-9-12;1-2/h1-3,6-7,12H,4-5,8-9H2,(H2,17,18,19,20,21);1-2H3. The number of hydrogen-bond donors (Lipinski definition) is 2. The fraction of sp³-hybridized carbons (Fsp3) is 0.412. The molecule has 0 bridgehead atoms. The molecule has 1 heterocycles. The molecule has 1 aliphatic rings. The van der Waals surface area contributed by atoms with Gasteiger partial charge in [0.1, 0.15) is 6.07 Å². The number of nitrogens with zero attached hydrogens (tertiary/aromatic N) is 4. The van der Waals surface area contributed by atoms with Crippen molar-refractivity contribution in [3.05, 3.63) is 36.2 Å². The number of aromatic nitrogens is 3. The fourth-order valence-electron chi connectivity index (χ4n) is 2.45. The van der Waals surface area contributed by atoms with Gasteiger partial charge in [-0.3, -0.25) is 0 Å². The lowest BCUT2D eigenvalue weighted by Crippen LogP contribution is -2.18. The molecule has 0 amide bonds. The highest BCUT2D eigenvalue weighted by Gasteiger charge is 2.16. The van der Waals surface area contributed by atoms with Gasteiger partial charge >= 0.3 is 0 Å². The van der Waals surface area contributed by atoms with Gasteiger partial charge in [-0.25, -0.2) is 0 Å². The third kappa shape index (κ3) is 4.92. The van der Waals surface area contributed by atoms with Crippen molar-refractivity contribution in [2.45, 2.75) is 45.6 Å². The molecule has 0 atom stereocenters. The molecule has 3 rings (SSSR count). The van der Waals surface area contributed by atoms with Crippen molar-refractivity contribution in [3.63, 3.8) is 0 Å². The maximum Gasteiger partial charge on any atom is 0.238 e. The van der Waals surface area contributed by atoms with E-state index >= 15 is 0 Å². The number of para-hydroxylation sites is 1. The summed E-state index contributed by atoms with van der Waals surface area (Å²) < 4.78 is 0. The normalized spacial score (nSPS) is 13.6. The smallest absolute Gasteiger partial charge is 0.238 e. The minimum atomic E-state index is 0.115. The quantitative estimate of drug-likeness (QED) is 0.891. The first-order valence-corrected chi connectivity index (χ1v) is 8.08. The van der Waals surface area contributed by atoms with E-state index in [2.05, 4.69) is 25.6 Å². The van der Waals surface area contributed by atoms with Crippen LogP contribution in [-0.2, 0) is 0 Å². The zero-order chi connectivity index (χ0) is 16.5. The summed E-state index contributed by atoms with van der Waals surface area (Å²) >= 11 is 0. The highest BCUT2D eigenvalue weighted by molar-refractivity contribution is 5.54. The SMILES string of the molecule is CC.N#Cc1nc(Nc2ccccc2)nc(NC2CCCC2)n1. The van der Waals surface area contributed by atoms with Gasteiger partial charge in [0.05, 0.1) is 0 Å².